The lowest BCUT2D eigenvalue weighted by atomic mass is 10.2. The molecule has 8 nitrogen and oxygen atoms in total. The highest BCUT2D eigenvalue weighted by molar-refractivity contribution is 7.92. The maximum absolute atomic E-state index is 12.8. The summed E-state index contributed by atoms with van der Waals surface area (Å²) in [7, 11) is -3.75. The Hall–Kier alpha value is -2.94. The molecule has 0 spiro atoms. The molecule has 0 saturated heterocycles. The first-order chi connectivity index (χ1) is 14.1. The molecule has 0 saturated carbocycles. The van der Waals surface area contributed by atoms with Gasteiger partial charge in [0.2, 0.25) is 15.9 Å². The van der Waals surface area contributed by atoms with Crippen molar-refractivity contribution < 1.29 is 27.4 Å². The van der Waals surface area contributed by atoms with Gasteiger partial charge >= 0.3 is 0 Å². The molecular formula is C21H26N2O6S. The summed E-state index contributed by atoms with van der Waals surface area (Å²) < 4.78 is 42.7. The number of sulfonamides is 1. The summed E-state index contributed by atoms with van der Waals surface area (Å²) in [6.45, 7) is 6.19. The lowest BCUT2D eigenvalue weighted by Crippen LogP contribution is -2.45. The van der Waals surface area contributed by atoms with E-state index in [0.717, 1.165) is 10.6 Å². The number of ether oxygens (including phenoxy) is 3. The SMILES string of the molecule is CC(C)Oc1ccc(NC(=O)[C@H](C)N(c2ccc3c(c2)OCCO3)S(C)(=O)=O)cc1. The molecule has 2 aromatic carbocycles. The van der Waals surface area contributed by atoms with Gasteiger partial charge in [-0.1, -0.05) is 0 Å². The van der Waals surface area contributed by atoms with Crippen LogP contribution in [0.25, 0.3) is 0 Å². The van der Waals surface area contributed by atoms with Gasteiger partial charge in [0.1, 0.15) is 25.0 Å². The van der Waals surface area contributed by atoms with Crippen LogP contribution in [0.4, 0.5) is 11.4 Å². The molecule has 9 heteroatoms. The van der Waals surface area contributed by atoms with E-state index in [9.17, 15) is 13.2 Å². The molecule has 3 rings (SSSR count). The van der Waals surface area contributed by atoms with Crippen molar-refractivity contribution in [3.05, 3.63) is 42.5 Å². The van der Waals surface area contributed by atoms with Crippen LogP contribution < -0.4 is 23.8 Å². The molecule has 0 fully saturated rings. The van der Waals surface area contributed by atoms with Gasteiger partial charge in [-0.2, -0.15) is 0 Å². The number of carbonyl (C=O) groups is 1. The number of carbonyl (C=O) groups excluding carboxylic acids is 1. The Morgan fingerprint density at radius 3 is 2.27 bits per heavy atom. The Balaban J connectivity index is 1.80. The quantitative estimate of drug-likeness (QED) is 0.720. The van der Waals surface area contributed by atoms with Crippen LogP contribution in [-0.2, 0) is 14.8 Å². The Bertz CT molecular complexity index is 1000. The number of hydrogen-bond acceptors (Lipinski definition) is 6. The largest absolute Gasteiger partial charge is 0.491 e. The fraction of sp³-hybridized carbons (Fsp3) is 0.381. The number of amides is 1. The third-order valence-corrected chi connectivity index (χ3v) is 5.60. The van der Waals surface area contributed by atoms with Crippen molar-refractivity contribution in [1.82, 2.24) is 0 Å². The molecule has 0 unspecified atom stereocenters. The molecule has 1 amide bonds. The molecule has 30 heavy (non-hydrogen) atoms. The van der Waals surface area contributed by atoms with Crippen molar-refractivity contribution in [3.63, 3.8) is 0 Å². The van der Waals surface area contributed by atoms with E-state index in [-0.39, 0.29) is 6.10 Å². The van der Waals surface area contributed by atoms with Crippen LogP contribution in [0.1, 0.15) is 20.8 Å². The molecule has 1 aliphatic heterocycles. The van der Waals surface area contributed by atoms with Gasteiger partial charge in [-0.15, -0.1) is 0 Å². The fourth-order valence-corrected chi connectivity index (χ4v) is 4.28. The number of anilines is 2. The highest BCUT2D eigenvalue weighted by atomic mass is 32.2. The number of nitrogens with one attached hydrogen (secondary N) is 1. The zero-order valence-electron chi connectivity index (χ0n) is 17.4. The summed E-state index contributed by atoms with van der Waals surface area (Å²) in [5.74, 6) is 1.21. The number of rotatable bonds is 7. The molecule has 2 aromatic rings. The Kier molecular flexibility index (Phi) is 6.40. The molecule has 1 aliphatic rings. The maximum atomic E-state index is 12.8. The Labute approximate surface area is 176 Å². The monoisotopic (exact) mass is 434 g/mol. The Morgan fingerprint density at radius 1 is 1.03 bits per heavy atom. The normalized spacial score (nSPS) is 14.2. The molecule has 0 radical (unpaired) electrons. The first-order valence-corrected chi connectivity index (χ1v) is 11.5. The van der Waals surface area contributed by atoms with Crippen molar-refractivity contribution >= 4 is 27.3 Å². The van der Waals surface area contributed by atoms with E-state index < -0.39 is 22.0 Å². The minimum absolute atomic E-state index is 0.0415. The first kappa shape index (κ1) is 21.8. The van der Waals surface area contributed by atoms with Crippen molar-refractivity contribution in [2.75, 3.05) is 29.1 Å². The molecule has 0 aromatic heterocycles. The number of nitrogens with zero attached hydrogens (tertiary/aromatic N) is 1. The van der Waals surface area contributed by atoms with Crippen LogP contribution in [0.5, 0.6) is 17.2 Å². The van der Waals surface area contributed by atoms with Crippen molar-refractivity contribution in [2.45, 2.75) is 32.9 Å². The van der Waals surface area contributed by atoms with Gasteiger partial charge < -0.3 is 19.5 Å². The van der Waals surface area contributed by atoms with Crippen LogP contribution in [0.3, 0.4) is 0 Å². The van der Waals surface area contributed by atoms with Crippen molar-refractivity contribution in [2.24, 2.45) is 0 Å². The van der Waals surface area contributed by atoms with E-state index in [4.69, 9.17) is 14.2 Å². The van der Waals surface area contributed by atoms with Crippen molar-refractivity contribution in [3.8, 4) is 17.2 Å². The van der Waals surface area contributed by atoms with Crippen LogP contribution in [0, 0.1) is 0 Å². The molecule has 0 aliphatic carbocycles. The van der Waals surface area contributed by atoms with Gasteiger partial charge in [-0.25, -0.2) is 8.42 Å². The summed E-state index contributed by atoms with van der Waals surface area (Å²) in [4.78, 5) is 12.8. The van der Waals surface area contributed by atoms with E-state index in [1.165, 1.54) is 6.92 Å². The van der Waals surface area contributed by atoms with Crippen LogP contribution >= 0.6 is 0 Å². The average Bonchev–Trinajstić information content (AvgIpc) is 2.68. The molecular weight excluding hydrogens is 408 g/mol. The zero-order chi connectivity index (χ0) is 21.9. The minimum atomic E-state index is -3.75. The third kappa shape index (κ3) is 5.15. The predicted octanol–water partition coefficient (Wildman–Crippen LogP) is 3.04. The third-order valence-electron chi connectivity index (χ3n) is 4.36. The van der Waals surface area contributed by atoms with Gasteiger partial charge in [-0.3, -0.25) is 9.10 Å². The van der Waals surface area contributed by atoms with Gasteiger partial charge in [0, 0.05) is 11.8 Å². The van der Waals surface area contributed by atoms with Crippen LogP contribution in [0.15, 0.2) is 42.5 Å². The van der Waals surface area contributed by atoms with Crippen LogP contribution in [0.2, 0.25) is 0 Å². The molecule has 1 N–H and O–H groups in total. The van der Waals surface area contributed by atoms with E-state index in [0.29, 0.717) is 41.8 Å². The number of hydrogen-bond donors (Lipinski definition) is 1. The van der Waals surface area contributed by atoms with Crippen molar-refractivity contribution in [1.29, 1.82) is 0 Å². The standard InChI is InChI=1S/C21H26N2O6S/c1-14(2)29-18-8-5-16(6-9-18)22-21(24)15(3)23(30(4,25)26)17-7-10-19-20(13-17)28-12-11-27-19/h5-10,13-15H,11-12H2,1-4H3,(H,22,24)/t15-/m0/s1. The van der Waals surface area contributed by atoms with Gasteiger partial charge in [0.15, 0.2) is 11.5 Å². The summed E-state index contributed by atoms with van der Waals surface area (Å²) in [5.41, 5.74) is 0.865. The molecule has 1 atom stereocenters. The van der Waals surface area contributed by atoms with E-state index in [1.807, 2.05) is 13.8 Å². The highest BCUT2D eigenvalue weighted by Crippen LogP contribution is 2.35. The maximum Gasteiger partial charge on any atom is 0.247 e. The number of fused-ring (bicyclic) bond motifs is 1. The number of benzene rings is 2. The minimum Gasteiger partial charge on any atom is -0.491 e. The van der Waals surface area contributed by atoms with E-state index >= 15 is 0 Å². The van der Waals surface area contributed by atoms with Gasteiger partial charge in [0.05, 0.1) is 18.0 Å². The lowest BCUT2D eigenvalue weighted by Gasteiger charge is -2.29. The van der Waals surface area contributed by atoms with Crippen LogP contribution in [-0.4, -0.2) is 45.9 Å². The topological polar surface area (TPSA) is 94.2 Å². The van der Waals surface area contributed by atoms with Gasteiger partial charge in [-0.05, 0) is 57.2 Å². The second-order valence-electron chi connectivity index (χ2n) is 7.24. The fourth-order valence-electron chi connectivity index (χ4n) is 3.11. The van der Waals surface area contributed by atoms with E-state index in [1.54, 1.807) is 42.5 Å². The molecule has 1 heterocycles. The highest BCUT2D eigenvalue weighted by Gasteiger charge is 2.30. The summed E-state index contributed by atoms with van der Waals surface area (Å²) >= 11 is 0. The smallest absolute Gasteiger partial charge is 0.247 e. The predicted molar refractivity (Wildman–Crippen MR) is 115 cm³/mol. The molecule has 162 valence electrons. The van der Waals surface area contributed by atoms with E-state index in [2.05, 4.69) is 5.32 Å². The summed E-state index contributed by atoms with van der Waals surface area (Å²) in [5, 5.41) is 2.75. The Morgan fingerprint density at radius 2 is 1.67 bits per heavy atom. The summed E-state index contributed by atoms with van der Waals surface area (Å²) in [6, 6.07) is 10.7. The lowest BCUT2D eigenvalue weighted by molar-refractivity contribution is -0.116. The second-order valence-corrected chi connectivity index (χ2v) is 9.10. The zero-order valence-corrected chi connectivity index (χ0v) is 18.2. The first-order valence-electron chi connectivity index (χ1n) is 9.62. The second kappa shape index (κ2) is 8.83. The summed E-state index contributed by atoms with van der Waals surface area (Å²) in [6.07, 6.45) is 1.10. The molecule has 0 bridgehead atoms. The average molecular weight is 435 g/mol. The van der Waals surface area contributed by atoms with Gasteiger partial charge in [0.25, 0.3) is 0 Å².